The molecule has 0 saturated carbocycles. The molecule has 0 aliphatic heterocycles. The fourth-order valence-corrected chi connectivity index (χ4v) is 4.24. The van der Waals surface area contributed by atoms with Gasteiger partial charge in [0.1, 0.15) is 5.01 Å². The molecule has 108 valence electrons. The van der Waals surface area contributed by atoms with Gasteiger partial charge in [-0.3, -0.25) is 0 Å². The van der Waals surface area contributed by atoms with Gasteiger partial charge in [0.25, 0.3) is 0 Å². The number of nitrogens with zero attached hydrogens (tertiary/aromatic N) is 1. The number of halogens is 1. The maximum atomic E-state index is 12.3. The number of benzene rings is 1. The first kappa shape index (κ1) is 15.6. The second-order valence-electron chi connectivity index (χ2n) is 4.11. The molecule has 0 atom stereocenters. The van der Waals surface area contributed by atoms with Crippen molar-refractivity contribution in [3.05, 3.63) is 44.3 Å². The Morgan fingerprint density at radius 1 is 1.45 bits per heavy atom. The second kappa shape index (κ2) is 6.31. The number of aliphatic hydroxyl groups is 1. The Balaban J connectivity index is 2.31. The minimum Gasteiger partial charge on any atom is -0.392 e. The molecule has 0 fully saturated rings. The number of aliphatic hydroxyl groups excluding tert-OH is 1. The molecule has 1 aromatic heterocycles. The third-order valence-electron chi connectivity index (χ3n) is 2.73. The Bertz CT molecular complexity index is 700. The van der Waals surface area contributed by atoms with Gasteiger partial charge in [-0.25, -0.2) is 18.1 Å². The summed E-state index contributed by atoms with van der Waals surface area (Å²) >= 11 is 4.69. The lowest BCUT2D eigenvalue weighted by molar-refractivity contribution is 0.281. The fourth-order valence-electron chi connectivity index (χ4n) is 1.65. The highest BCUT2D eigenvalue weighted by Crippen LogP contribution is 2.26. The Hall–Kier alpha value is -0.800. The van der Waals surface area contributed by atoms with Crippen molar-refractivity contribution in [3.8, 4) is 0 Å². The zero-order valence-corrected chi connectivity index (χ0v) is 13.8. The third kappa shape index (κ3) is 3.44. The van der Waals surface area contributed by atoms with Crippen LogP contribution in [0, 0.1) is 6.92 Å². The SMILES string of the molecule is Cc1c(Br)cc(CO)cc1S(=O)(=O)NCc1nccs1. The maximum Gasteiger partial charge on any atom is 0.241 e. The lowest BCUT2D eigenvalue weighted by atomic mass is 10.2. The largest absolute Gasteiger partial charge is 0.392 e. The van der Waals surface area contributed by atoms with Crippen molar-refractivity contribution in [2.45, 2.75) is 25.0 Å². The summed E-state index contributed by atoms with van der Waals surface area (Å²) < 4.78 is 27.8. The molecule has 0 spiro atoms. The molecule has 2 rings (SSSR count). The van der Waals surface area contributed by atoms with Crippen molar-refractivity contribution in [2.24, 2.45) is 0 Å². The first-order chi connectivity index (χ1) is 9.44. The van der Waals surface area contributed by atoms with Gasteiger partial charge in [-0.2, -0.15) is 0 Å². The molecular formula is C12H13BrN2O3S2. The van der Waals surface area contributed by atoms with E-state index in [1.807, 2.05) is 0 Å². The smallest absolute Gasteiger partial charge is 0.241 e. The molecule has 0 unspecified atom stereocenters. The number of rotatable bonds is 5. The Morgan fingerprint density at radius 2 is 2.20 bits per heavy atom. The summed E-state index contributed by atoms with van der Waals surface area (Å²) in [7, 11) is -3.65. The molecule has 1 heterocycles. The normalized spacial score (nSPS) is 11.8. The van der Waals surface area contributed by atoms with Crippen LogP contribution in [0.4, 0.5) is 0 Å². The van der Waals surface area contributed by atoms with Gasteiger partial charge < -0.3 is 5.11 Å². The van der Waals surface area contributed by atoms with Crippen LogP contribution in [0.15, 0.2) is 33.1 Å². The molecule has 20 heavy (non-hydrogen) atoms. The molecule has 2 aromatic rings. The van der Waals surface area contributed by atoms with Crippen LogP contribution < -0.4 is 4.72 Å². The summed E-state index contributed by atoms with van der Waals surface area (Å²) in [5.74, 6) is 0. The van der Waals surface area contributed by atoms with Gasteiger partial charge in [-0.05, 0) is 30.2 Å². The fraction of sp³-hybridized carbons (Fsp3) is 0.250. The predicted molar refractivity (Wildman–Crippen MR) is 80.9 cm³/mol. The van der Waals surface area contributed by atoms with E-state index in [2.05, 4.69) is 25.6 Å². The van der Waals surface area contributed by atoms with Gasteiger partial charge in [0, 0.05) is 16.0 Å². The number of hydrogen-bond donors (Lipinski definition) is 2. The Kier molecular flexibility index (Phi) is 4.92. The molecule has 0 amide bonds. The number of thiazole rings is 1. The summed E-state index contributed by atoms with van der Waals surface area (Å²) in [5, 5.41) is 11.7. The van der Waals surface area contributed by atoms with Crippen LogP contribution in [0.25, 0.3) is 0 Å². The summed E-state index contributed by atoms with van der Waals surface area (Å²) in [6.45, 7) is 1.65. The summed E-state index contributed by atoms with van der Waals surface area (Å²) in [6.07, 6.45) is 1.63. The predicted octanol–water partition coefficient (Wildman–Crippen LogP) is 2.18. The quantitative estimate of drug-likeness (QED) is 0.837. The molecule has 0 saturated heterocycles. The molecule has 0 aliphatic carbocycles. The number of aromatic nitrogens is 1. The standard InChI is InChI=1S/C12H13BrN2O3S2/c1-8-10(13)4-9(7-16)5-11(8)20(17,18)15-6-12-14-2-3-19-12/h2-5,15-16H,6-7H2,1H3. The van der Waals surface area contributed by atoms with E-state index in [0.717, 1.165) is 0 Å². The minimum atomic E-state index is -3.65. The van der Waals surface area contributed by atoms with Crippen LogP contribution in [0.2, 0.25) is 0 Å². The second-order valence-corrected chi connectivity index (χ2v) is 7.68. The Morgan fingerprint density at radius 3 is 2.80 bits per heavy atom. The average molecular weight is 377 g/mol. The zero-order valence-electron chi connectivity index (χ0n) is 10.6. The van der Waals surface area contributed by atoms with Crippen molar-refractivity contribution in [3.63, 3.8) is 0 Å². The van der Waals surface area contributed by atoms with Crippen molar-refractivity contribution < 1.29 is 13.5 Å². The lowest BCUT2D eigenvalue weighted by Crippen LogP contribution is -2.24. The Labute approximate surface area is 129 Å². The third-order valence-corrected chi connectivity index (χ3v) is 5.86. The lowest BCUT2D eigenvalue weighted by Gasteiger charge is -2.11. The van der Waals surface area contributed by atoms with Crippen LogP contribution in [-0.4, -0.2) is 18.5 Å². The van der Waals surface area contributed by atoms with Crippen molar-refractivity contribution in [1.82, 2.24) is 9.71 Å². The summed E-state index contributed by atoms with van der Waals surface area (Å²) in [6, 6.07) is 3.18. The first-order valence-electron chi connectivity index (χ1n) is 5.72. The minimum absolute atomic E-state index is 0.153. The number of sulfonamides is 1. The molecule has 0 aliphatic rings. The average Bonchev–Trinajstić information content (AvgIpc) is 2.92. The van der Waals surface area contributed by atoms with Gasteiger partial charge in [-0.15, -0.1) is 11.3 Å². The highest BCUT2D eigenvalue weighted by atomic mass is 79.9. The van der Waals surface area contributed by atoms with Crippen LogP contribution in [0.5, 0.6) is 0 Å². The highest BCUT2D eigenvalue weighted by molar-refractivity contribution is 9.10. The maximum absolute atomic E-state index is 12.3. The summed E-state index contributed by atoms with van der Waals surface area (Å²) in [4.78, 5) is 4.19. The van der Waals surface area contributed by atoms with Crippen molar-refractivity contribution in [2.75, 3.05) is 0 Å². The highest BCUT2D eigenvalue weighted by Gasteiger charge is 2.19. The molecule has 0 bridgehead atoms. The van der Waals surface area contributed by atoms with Gasteiger partial charge in [0.2, 0.25) is 10.0 Å². The van der Waals surface area contributed by atoms with E-state index in [-0.39, 0.29) is 18.0 Å². The van der Waals surface area contributed by atoms with Crippen LogP contribution in [-0.2, 0) is 23.2 Å². The monoisotopic (exact) mass is 376 g/mol. The van der Waals surface area contributed by atoms with Crippen LogP contribution >= 0.6 is 27.3 Å². The summed E-state index contributed by atoms with van der Waals surface area (Å²) in [5.41, 5.74) is 1.14. The van der Waals surface area contributed by atoms with Gasteiger partial charge in [0.05, 0.1) is 18.0 Å². The molecule has 5 nitrogen and oxygen atoms in total. The van der Waals surface area contributed by atoms with E-state index in [1.165, 1.54) is 17.4 Å². The van der Waals surface area contributed by atoms with E-state index in [1.54, 1.807) is 24.6 Å². The van der Waals surface area contributed by atoms with Crippen molar-refractivity contribution >= 4 is 37.3 Å². The zero-order chi connectivity index (χ0) is 14.8. The molecule has 2 N–H and O–H groups in total. The van der Waals surface area contributed by atoms with Gasteiger partial charge >= 0.3 is 0 Å². The van der Waals surface area contributed by atoms with E-state index in [4.69, 9.17) is 0 Å². The van der Waals surface area contributed by atoms with E-state index >= 15 is 0 Å². The molecule has 1 aromatic carbocycles. The van der Waals surface area contributed by atoms with Gasteiger partial charge in [-0.1, -0.05) is 15.9 Å². The topological polar surface area (TPSA) is 79.3 Å². The number of hydrogen-bond acceptors (Lipinski definition) is 5. The van der Waals surface area contributed by atoms with Crippen molar-refractivity contribution in [1.29, 1.82) is 0 Å². The van der Waals surface area contributed by atoms with Gasteiger partial charge in [0.15, 0.2) is 0 Å². The first-order valence-corrected chi connectivity index (χ1v) is 8.87. The van der Waals surface area contributed by atoms with E-state index in [9.17, 15) is 13.5 Å². The van der Waals surface area contributed by atoms with E-state index in [0.29, 0.717) is 20.6 Å². The molecular weight excluding hydrogens is 364 g/mol. The molecule has 0 radical (unpaired) electrons. The number of nitrogens with one attached hydrogen (secondary N) is 1. The molecule has 8 heteroatoms. The van der Waals surface area contributed by atoms with Crippen LogP contribution in [0.3, 0.4) is 0 Å². The van der Waals surface area contributed by atoms with E-state index < -0.39 is 10.0 Å². The van der Waals surface area contributed by atoms with Crippen LogP contribution in [0.1, 0.15) is 16.1 Å².